The van der Waals surface area contributed by atoms with Crippen molar-refractivity contribution in [2.24, 2.45) is 0 Å². The molecule has 0 spiro atoms. The lowest BCUT2D eigenvalue weighted by Crippen LogP contribution is -2.39. The molecule has 20 heavy (non-hydrogen) atoms. The highest BCUT2D eigenvalue weighted by Gasteiger charge is 2.31. The molecule has 1 aliphatic heterocycles. The normalized spacial score (nSPS) is 18.2. The van der Waals surface area contributed by atoms with E-state index in [9.17, 15) is 9.59 Å². The van der Waals surface area contributed by atoms with Crippen molar-refractivity contribution < 1.29 is 19.4 Å². The van der Waals surface area contributed by atoms with Crippen molar-refractivity contribution in [3.63, 3.8) is 0 Å². The molecule has 1 N–H and O–H groups in total. The van der Waals surface area contributed by atoms with Gasteiger partial charge < -0.3 is 14.7 Å². The van der Waals surface area contributed by atoms with Crippen LogP contribution >= 0.6 is 0 Å². The summed E-state index contributed by atoms with van der Waals surface area (Å²) < 4.78 is 5.40. The van der Waals surface area contributed by atoms with Crippen molar-refractivity contribution in [3.05, 3.63) is 35.4 Å². The highest BCUT2D eigenvalue weighted by Crippen LogP contribution is 2.22. The first kappa shape index (κ1) is 14.5. The molecule has 1 fully saturated rings. The number of carbonyl (C=O) groups is 2. The van der Waals surface area contributed by atoms with E-state index < -0.39 is 5.97 Å². The van der Waals surface area contributed by atoms with E-state index in [1.54, 1.807) is 23.1 Å². The molecule has 1 aromatic rings. The molecular weight excluding hydrogens is 258 g/mol. The van der Waals surface area contributed by atoms with Crippen LogP contribution in [0.5, 0.6) is 0 Å². The molecule has 0 radical (unpaired) electrons. The van der Waals surface area contributed by atoms with Crippen molar-refractivity contribution in [1.29, 1.82) is 0 Å². The van der Waals surface area contributed by atoms with E-state index in [1.165, 1.54) is 6.07 Å². The number of ether oxygens (including phenoxy) is 1. The van der Waals surface area contributed by atoms with Crippen LogP contribution in [0.15, 0.2) is 24.3 Å². The average molecular weight is 277 g/mol. The Balaban J connectivity index is 2.20. The zero-order chi connectivity index (χ0) is 14.5. The second-order valence-corrected chi connectivity index (χ2v) is 4.80. The van der Waals surface area contributed by atoms with Crippen LogP contribution in [-0.4, -0.2) is 47.7 Å². The summed E-state index contributed by atoms with van der Waals surface area (Å²) in [6.07, 6.45) is 1.83. The number of carboxylic acid groups (broad SMARTS) is 1. The third kappa shape index (κ3) is 2.99. The number of carboxylic acids is 1. The minimum absolute atomic E-state index is 0.0456. The van der Waals surface area contributed by atoms with Crippen LogP contribution in [0.2, 0.25) is 0 Å². The Morgan fingerprint density at radius 1 is 1.35 bits per heavy atom. The Morgan fingerprint density at radius 2 is 2.05 bits per heavy atom. The minimum atomic E-state index is -1.07. The van der Waals surface area contributed by atoms with Crippen LogP contribution in [0.25, 0.3) is 0 Å². The topological polar surface area (TPSA) is 66.8 Å². The fourth-order valence-electron chi connectivity index (χ4n) is 2.54. The molecule has 108 valence electrons. The summed E-state index contributed by atoms with van der Waals surface area (Å²) in [6.45, 7) is 3.70. The summed E-state index contributed by atoms with van der Waals surface area (Å²) in [6, 6.07) is 6.39. The maximum Gasteiger partial charge on any atom is 0.336 e. The van der Waals surface area contributed by atoms with Gasteiger partial charge in [0.2, 0.25) is 0 Å². The highest BCUT2D eigenvalue weighted by molar-refractivity contribution is 6.04. The molecule has 2 rings (SSSR count). The largest absolute Gasteiger partial charge is 0.478 e. The van der Waals surface area contributed by atoms with Gasteiger partial charge in [0.05, 0.1) is 23.8 Å². The first-order valence-electron chi connectivity index (χ1n) is 6.86. The summed E-state index contributed by atoms with van der Waals surface area (Å²) in [5, 5.41) is 9.17. The van der Waals surface area contributed by atoms with E-state index in [1.807, 2.05) is 6.92 Å². The van der Waals surface area contributed by atoms with Gasteiger partial charge in [-0.15, -0.1) is 0 Å². The van der Waals surface area contributed by atoms with Crippen LogP contribution in [-0.2, 0) is 4.74 Å². The van der Waals surface area contributed by atoms with Crippen LogP contribution in [0, 0.1) is 0 Å². The molecule has 0 unspecified atom stereocenters. The molecule has 0 aromatic heterocycles. The number of rotatable bonds is 5. The van der Waals surface area contributed by atoms with Gasteiger partial charge in [0.15, 0.2) is 0 Å². The zero-order valence-corrected chi connectivity index (χ0v) is 11.5. The quantitative estimate of drug-likeness (QED) is 0.894. The predicted octanol–water partition coefficient (Wildman–Crippen LogP) is 2.03. The standard InChI is InChI=1S/C15H19NO4/c1-2-20-10-11-6-5-9-16(11)14(17)12-7-3-4-8-13(12)15(18)19/h3-4,7-8,11H,2,5-6,9-10H2,1H3,(H,18,19)/t11-/m1/s1. The molecule has 1 aromatic carbocycles. The number of benzene rings is 1. The smallest absolute Gasteiger partial charge is 0.336 e. The third-order valence-electron chi connectivity index (χ3n) is 3.54. The Hall–Kier alpha value is -1.88. The average Bonchev–Trinajstić information content (AvgIpc) is 2.92. The molecule has 1 saturated heterocycles. The lowest BCUT2D eigenvalue weighted by Gasteiger charge is -2.25. The number of hydrogen-bond donors (Lipinski definition) is 1. The van der Waals surface area contributed by atoms with E-state index in [2.05, 4.69) is 0 Å². The Kier molecular flexibility index (Phi) is 4.74. The number of likely N-dealkylation sites (tertiary alicyclic amines) is 1. The maximum atomic E-state index is 12.6. The van der Waals surface area contributed by atoms with Gasteiger partial charge in [-0.05, 0) is 31.9 Å². The number of carbonyl (C=O) groups excluding carboxylic acids is 1. The van der Waals surface area contributed by atoms with Gasteiger partial charge in [-0.2, -0.15) is 0 Å². The number of amides is 1. The van der Waals surface area contributed by atoms with Crippen molar-refractivity contribution in [2.45, 2.75) is 25.8 Å². The second-order valence-electron chi connectivity index (χ2n) is 4.80. The first-order valence-corrected chi connectivity index (χ1v) is 6.86. The van der Waals surface area contributed by atoms with Crippen molar-refractivity contribution in [1.82, 2.24) is 4.90 Å². The van der Waals surface area contributed by atoms with Crippen LogP contribution in [0.4, 0.5) is 0 Å². The van der Waals surface area contributed by atoms with Gasteiger partial charge in [-0.25, -0.2) is 4.79 Å². The molecule has 1 amide bonds. The van der Waals surface area contributed by atoms with Gasteiger partial charge in [-0.1, -0.05) is 12.1 Å². The minimum Gasteiger partial charge on any atom is -0.478 e. The summed E-state index contributed by atoms with van der Waals surface area (Å²) in [4.78, 5) is 25.5. The fourth-order valence-corrected chi connectivity index (χ4v) is 2.54. The molecule has 1 heterocycles. The molecular formula is C15H19NO4. The Morgan fingerprint density at radius 3 is 2.70 bits per heavy atom. The zero-order valence-electron chi connectivity index (χ0n) is 11.5. The first-order chi connectivity index (χ1) is 9.65. The maximum absolute atomic E-state index is 12.6. The van der Waals surface area contributed by atoms with E-state index in [-0.39, 0.29) is 23.1 Å². The van der Waals surface area contributed by atoms with Gasteiger partial charge in [0, 0.05) is 13.2 Å². The van der Waals surface area contributed by atoms with E-state index in [4.69, 9.17) is 9.84 Å². The summed E-state index contributed by atoms with van der Waals surface area (Å²) in [7, 11) is 0. The lowest BCUT2D eigenvalue weighted by atomic mass is 10.1. The van der Waals surface area contributed by atoms with Gasteiger partial charge in [0.25, 0.3) is 5.91 Å². The molecule has 1 aliphatic rings. The van der Waals surface area contributed by atoms with E-state index in [0.29, 0.717) is 19.8 Å². The SMILES string of the molecule is CCOC[C@H]1CCCN1C(=O)c1ccccc1C(=O)O. The Bertz CT molecular complexity index is 500. The third-order valence-corrected chi connectivity index (χ3v) is 3.54. The monoisotopic (exact) mass is 277 g/mol. The van der Waals surface area contributed by atoms with Crippen LogP contribution in [0.1, 0.15) is 40.5 Å². The van der Waals surface area contributed by atoms with Crippen molar-refractivity contribution >= 4 is 11.9 Å². The van der Waals surface area contributed by atoms with E-state index >= 15 is 0 Å². The molecule has 1 atom stereocenters. The van der Waals surface area contributed by atoms with Crippen LogP contribution in [0.3, 0.4) is 0 Å². The Labute approximate surface area is 118 Å². The molecule has 5 nitrogen and oxygen atoms in total. The lowest BCUT2D eigenvalue weighted by molar-refractivity contribution is 0.0555. The van der Waals surface area contributed by atoms with Gasteiger partial charge >= 0.3 is 5.97 Å². The van der Waals surface area contributed by atoms with Crippen molar-refractivity contribution in [3.8, 4) is 0 Å². The molecule has 0 aliphatic carbocycles. The number of nitrogens with zero attached hydrogens (tertiary/aromatic N) is 1. The summed E-state index contributed by atoms with van der Waals surface area (Å²) in [5.41, 5.74) is 0.308. The summed E-state index contributed by atoms with van der Waals surface area (Å²) >= 11 is 0. The summed E-state index contributed by atoms with van der Waals surface area (Å²) in [5.74, 6) is -1.29. The molecule has 0 bridgehead atoms. The highest BCUT2D eigenvalue weighted by atomic mass is 16.5. The van der Waals surface area contributed by atoms with Gasteiger partial charge in [-0.3, -0.25) is 4.79 Å². The predicted molar refractivity (Wildman–Crippen MR) is 74.0 cm³/mol. The number of aromatic carboxylic acids is 1. The van der Waals surface area contributed by atoms with E-state index in [0.717, 1.165) is 12.8 Å². The molecule has 5 heteroatoms. The number of hydrogen-bond acceptors (Lipinski definition) is 3. The molecule has 0 saturated carbocycles. The van der Waals surface area contributed by atoms with Crippen molar-refractivity contribution in [2.75, 3.05) is 19.8 Å². The van der Waals surface area contributed by atoms with Crippen LogP contribution < -0.4 is 0 Å². The fraction of sp³-hybridized carbons (Fsp3) is 0.467. The van der Waals surface area contributed by atoms with Gasteiger partial charge in [0.1, 0.15) is 0 Å². The second kappa shape index (κ2) is 6.52.